The smallest absolute Gasteiger partial charge is 0.142 e. The van der Waals surface area contributed by atoms with Crippen molar-refractivity contribution in [3.05, 3.63) is 29.0 Å². The van der Waals surface area contributed by atoms with Gasteiger partial charge in [0, 0.05) is 23.9 Å². The van der Waals surface area contributed by atoms with Crippen LogP contribution in [0.15, 0.2) is 18.2 Å². The Morgan fingerprint density at radius 2 is 2.18 bits per heavy atom. The summed E-state index contributed by atoms with van der Waals surface area (Å²) in [5.41, 5.74) is 0.0790. The summed E-state index contributed by atoms with van der Waals surface area (Å²) in [6, 6.07) is 4.94. The molecule has 2 nitrogen and oxygen atoms in total. The van der Waals surface area contributed by atoms with Crippen LogP contribution in [0.5, 0.6) is 5.75 Å². The van der Waals surface area contributed by atoms with E-state index in [4.69, 9.17) is 16.3 Å². The summed E-state index contributed by atoms with van der Waals surface area (Å²) in [5.74, 6) is 0.212. The molecule has 2 rings (SSSR count). The van der Waals surface area contributed by atoms with Gasteiger partial charge in [-0.05, 0) is 19.2 Å². The molecule has 0 spiro atoms. The summed E-state index contributed by atoms with van der Waals surface area (Å²) in [7, 11) is 1.96. The van der Waals surface area contributed by atoms with E-state index in [1.54, 1.807) is 6.07 Å². The fourth-order valence-corrected chi connectivity index (χ4v) is 2.46. The Kier molecular flexibility index (Phi) is 3.32. The lowest BCUT2D eigenvalue weighted by atomic mass is 9.64. The average molecular weight is 258 g/mol. The molecule has 4 heteroatoms. The van der Waals surface area contributed by atoms with E-state index in [9.17, 15) is 4.39 Å². The molecule has 1 aromatic carbocycles. The topological polar surface area (TPSA) is 21.3 Å². The number of ether oxygens (including phenoxy) is 1. The minimum atomic E-state index is -0.417. The summed E-state index contributed by atoms with van der Waals surface area (Å²) in [4.78, 5) is 0. The number of rotatable bonds is 3. The van der Waals surface area contributed by atoms with Crippen LogP contribution >= 0.6 is 11.6 Å². The van der Waals surface area contributed by atoms with Crippen molar-refractivity contribution in [3.63, 3.8) is 0 Å². The highest BCUT2D eigenvalue weighted by molar-refractivity contribution is 6.30. The SMILES string of the molecule is CNC1CC(Oc2ccc(F)c(Cl)c2)C1(C)C. The lowest BCUT2D eigenvalue weighted by molar-refractivity contribution is -0.0521. The second kappa shape index (κ2) is 4.46. The maximum absolute atomic E-state index is 13.0. The van der Waals surface area contributed by atoms with Crippen LogP contribution in [-0.4, -0.2) is 19.2 Å². The molecule has 1 N–H and O–H groups in total. The van der Waals surface area contributed by atoms with E-state index in [2.05, 4.69) is 19.2 Å². The Balaban J connectivity index is 2.05. The third kappa shape index (κ3) is 2.26. The molecular weight excluding hydrogens is 241 g/mol. The molecule has 0 aromatic heterocycles. The lowest BCUT2D eigenvalue weighted by Crippen LogP contribution is -2.61. The van der Waals surface area contributed by atoms with Crippen LogP contribution in [0, 0.1) is 11.2 Å². The average Bonchev–Trinajstić information content (AvgIpc) is 2.28. The molecule has 0 bridgehead atoms. The van der Waals surface area contributed by atoms with Crippen LogP contribution < -0.4 is 10.1 Å². The van der Waals surface area contributed by atoms with Gasteiger partial charge >= 0.3 is 0 Å². The molecule has 1 aromatic rings. The van der Waals surface area contributed by atoms with Crippen LogP contribution in [0.25, 0.3) is 0 Å². The van der Waals surface area contributed by atoms with Crippen molar-refractivity contribution in [1.82, 2.24) is 5.32 Å². The molecule has 0 aliphatic heterocycles. The van der Waals surface area contributed by atoms with E-state index in [0.29, 0.717) is 11.8 Å². The Morgan fingerprint density at radius 3 is 2.71 bits per heavy atom. The number of hydrogen-bond donors (Lipinski definition) is 1. The predicted molar refractivity (Wildman–Crippen MR) is 67.1 cm³/mol. The zero-order valence-electron chi connectivity index (χ0n) is 10.3. The highest BCUT2D eigenvalue weighted by atomic mass is 35.5. The Bertz CT molecular complexity index is 422. The standard InChI is InChI=1S/C13H17ClFNO/c1-13(2)11(16-3)7-12(13)17-8-4-5-10(15)9(14)6-8/h4-6,11-12,16H,7H2,1-3H3. The molecule has 0 heterocycles. The van der Waals surface area contributed by atoms with Gasteiger partial charge in [0.1, 0.15) is 17.7 Å². The maximum Gasteiger partial charge on any atom is 0.142 e. The van der Waals surface area contributed by atoms with E-state index >= 15 is 0 Å². The molecule has 2 unspecified atom stereocenters. The number of nitrogens with one attached hydrogen (secondary N) is 1. The van der Waals surface area contributed by atoms with Gasteiger partial charge < -0.3 is 10.1 Å². The van der Waals surface area contributed by atoms with Crippen molar-refractivity contribution in [2.24, 2.45) is 5.41 Å². The molecule has 1 aliphatic carbocycles. The van der Waals surface area contributed by atoms with Crippen LogP contribution in [0.1, 0.15) is 20.3 Å². The van der Waals surface area contributed by atoms with E-state index < -0.39 is 5.82 Å². The van der Waals surface area contributed by atoms with Gasteiger partial charge in [0.25, 0.3) is 0 Å². The number of benzene rings is 1. The lowest BCUT2D eigenvalue weighted by Gasteiger charge is -2.51. The summed E-state index contributed by atoms with van der Waals surface area (Å²) in [6.07, 6.45) is 1.10. The van der Waals surface area contributed by atoms with E-state index in [1.165, 1.54) is 12.1 Å². The molecule has 0 saturated heterocycles. The van der Waals surface area contributed by atoms with Gasteiger partial charge in [-0.3, -0.25) is 0 Å². The van der Waals surface area contributed by atoms with E-state index in [0.717, 1.165) is 6.42 Å². The second-order valence-electron chi connectivity index (χ2n) is 5.08. The monoisotopic (exact) mass is 257 g/mol. The van der Waals surface area contributed by atoms with Gasteiger partial charge in [-0.1, -0.05) is 25.4 Å². The van der Waals surface area contributed by atoms with Crippen molar-refractivity contribution in [2.75, 3.05) is 7.05 Å². The van der Waals surface area contributed by atoms with Gasteiger partial charge in [-0.15, -0.1) is 0 Å². The third-order valence-electron chi connectivity index (χ3n) is 3.70. The van der Waals surface area contributed by atoms with Crippen LogP contribution in [0.4, 0.5) is 4.39 Å². The molecule has 17 heavy (non-hydrogen) atoms. The highest BCUT2D eigenvalue weighted by Gasteiger charge is 2.49. The molecule has 94 valence electrons. The van der Waals surface area contributed by atoms with Crippen molar-refractivity contribution < 1.29 is 9.13 Å². The molecule has 0 radical (unpaired) electrons. The Morgan fingerprint density at radius 1 is 1.47 bits per heavy atom. The zero-order chi connectivity index (χ0) is 12.6. The first kappa shape index (κ1) is 12.7. The molecule has 1 saturated carbocycles. The largest absolute Gasteiger partial charge is 0.490 e. The van der Waals surface area contributed by atoms with Crippen molar-refractivity contribution in [3.8, 4) is 5.75 Å². The van der Waals surface area contributed by atoms with Crippen LogP contribution in [0.3, 0.4) is 0 Å². The van der Waals surface area contributed by atoms with E-state index in [-0.39, 0.29) is 16.5 Å². The third-order valence-corrected chi connectivity index (χ3v) is 3.99. The van der Waals surface area contributed by atoms with Gasteiger partial charge in [-0.25, -0.2) is 4.39 Å². The fraction of sp³-hybridized carbons (Fsp3) is 0.538. The number of halogens is 2. The van der Waals surface area contributed by atoms with Crippen LogP contribution in [0.2, 0.25) is 5.02 Å². The van der Waals surface area contributed by atoms with Crippen molar-refractivity contribution in [1.29, 1.82) is 0 Å². The molecule has 2 atom stereocenters. The van der Waals surface area contributed by atoms with Crippen LogP contribution in [-0.2, 0) is 0 Å². The zero-order valence-corrected chi connectivity index (χ0v) is 11.0. The van der Waals surface area contributed by atoms with Gasteiger partial charge in [0.15, 0.2) is 0 Å². The number of hydrogen-bond acceptors (Lipinski definition) is 2. The minimum absolute atomic E-state index is 0.0790. The first-order valence-electron chi connectivity index (χ1n) is 5.74. The van der Waals surface area contributed by atoms with Crippen molar-refractivity contribution >= 4 is 11.6 Å². The molecule has 1 aliphatic rings. The highest BCUT2D eigenvalue weighted by Crippen LogP contribution is 2.43. The quantitative estimate of drug-likeness (QED) is 0.898. The Labute approximate surface area is 106 Å². The predicted octanol–water partition coefficient (Wildman–Crippen LogP) is 3.24. The minimum Gasteiger partial charge on any atom is -0.490 e. The van der Waals surface area contributed by atoms with Gasteiger partial charge in [0.05, 0.1) is 5.02 Å². The summed E-state index contributed by atoms with van der Waals surface area (Å²) < 4.78 is 18.8. The first-order chi connectivity index (χ1) is 7.95. The van der Waals surface area contributed by atoms with Gasteiger partial charge in [-0.2, -0.15) is 0 Å². The summed E-state index contributed by atoms with van der Waals surface area (Å²) >= 11 is 5.72. The molecule has 1 fully saturated rings. The molecular formula is C13H17ClFNO. The summed E-state index contributed by atoms with van der Waals surface area (Å²) in [6.45, 7) is 4.32. The Hall–Kier alpha value is -0.800. The molecule has 0 amide bonds. The fourth-order valence-electron chi connectivity index (χ4n) is 2.29. The maximum atomic E-state index is 13.0. The second-order valence-corrected chi connectivity index (χ2v) is 5.49. The van der Waals surface area contributed by atoms with Gasteiger partial charge in [0.2, 0.25) is 0 Å². The van der Waals surface area contributed by atoms with E-state index in [1.807, 2.05) is 7.05 Å². The van der Waals surface area contributed by atoms with Crippen molar-refractivity contribution in [2.45, 2.75) is 32.4 Å². The first-order valence-corrected chi connectivity index (χ1v) is 6.12. The normalized spacial score (nSPS) is 26.4. The summed E-state index contributed by atoms with van der Waals surface area (Å²) in [5, 5.41) is 3.36.